The van der Waals surface area contributed by atoms with E-state index in [-0.39, 0.29) is 0 Å². The quantitative estimate of drug-likeness (QED) is 0.310. The van der Waals surface area contributed by atoms with E-state index in [4.69, 9.17) is 5.11 Å². The molecule has 0 aliphatic carbocycles. The van der Waals surface area contributed by atoms with Crippen molar-refractivity contribution in [3.63, 3.8) is 0 Å². The Morgan fingerprint density at radius 2 is 1.50 bits per heavy atom. The Balaban J connectivity index is 2.92. The molecule has 18 heavy (non-hydrogen) atoms. The Labute approximate surface area is 107 Å². The van der Waals surface area contributed by atoms with Gasteiger partial charge in [-0.3, -0.25) is 0 Å². The van der Waals surface area contributed by atoms with Gasteiger partial charge >= 0.3 is 6.16 Å². The monoisotopic (exact) mass is 266 g/mol. The van der Waals surface area contributed by atoms with E-state index in [9.17, 15) is 4.79 Å². The third kappa shape index (κ3) is 15.1. The molecule has 0 fully saturated rings. The van der Waals surface area contributed by atoms with Gasteiger partial charge in [0.05, 0.1) is 6.61 Å². The fourth-order valence-corrected chi connectivity index (χ4v) is 1.40. The average Bonchev–Trinajstić information content (AvgIpc) is 2.34. The summed E-state index contributed by atoms with van der Waals surface area (Å²) in [5.74, 6) is 0. The molecule has 0 heterocycles. The first-order chi connectivity index (χ1) is 8.77. The largest absolute Gasteiger partial charge is 0.540 e. The van der Waals surface area contributed by atoms with Gasteiger partial charge in [0.1, 0.15) is 0 Å². The summed E-state index contributed by atoms with van der Waals surface area (Å²) in [7, 11) is 0. The molecule has 0 spiro atoms. The summed E-state index contributed by atoms with van der Waals surface area (Å²) < 4.78 is 0. The summed E-state index contributed by atoms with van der Waals surface area (Å²) in [6.07, 6.45) is 7.85. The van der Waals surface area contributed by atoms with E-state index in [1.165, 1.54) is 38.5 Å². The van der Waals surface area contributed by atoms with Crippen LogP contribution in [0, 0.1) is 0 Å². The molecular weight excluding hydrogens is 244 g/mol. The van der Waals surface area contributed by atoms with E-state index in [1.54, 1.807) is 0 Å². The molecule has 0 unspecified atom stereocenters. The van der Waals surface area contributed by atoms with E-state index >= 15 is 0 Å². The Bertz CT molecular complexity index is 186. The molecule has 0 saturated carbocycles. The van der Waals surface area contributed by atoms with Gasteiger partial charge in [0, 0.05) is 10.1 Å². The maximum atomic E-state index is 9.78. The average molecular weight is 266 g/mol. The molecule has 0 aliphatic rings. The molecule has 0 radical (unpaired) electrons. The van der Waals surface area contributed by atoms with Crippen molar-refractivity contribution >= 4 is 6.16 Å². The lowest BCUT2D eigenvalue weighted by atomic mass is 10.1. The Kier molecular flexibility index (Phi) is 13.5. The molecule has 7 heteroatoms. The van der Waals surface area contributed by atoms with Crippen molar-refractivity contribution in [2.45, 2.75) is 58.3 Å². The van der Waals surface area contributed by atoms with Crippen LogP contribution >= 0.6 is 0 Å². The zero-order chi connectivity index (χ0) is 13.5. The molecule has 0 amide bonds. The Morgan fingerprint density at radius 1 is 0.889 bits per heavy atom. The van der Waals surface area contributed by atoms with Crippen LogP contribution in [0.25, 0.3) is 0 Å². The van der Waals surface area contributed by atoms with Crippen LogP contribution in [0.1, 0.15) is 58.3 Å². The second-order valence-corrected chi connectivity index (χ2v) is 3.85. The van der Waals surface area contributed by atoms with Gasteiger partial charge in [-0.15, -0.1) is 0 Å². The Morgan fingerprint density at radius 3 is 2.11 bits per heavy atom. The molecule has 108 valence electrons. The van der Waals surface area contributed by atoms with Gasteiger partial charge in [0.2, 0.25) is 0 Å². The summed E-state index contributed by atoms with van der Waals surface area (Å²) in [5.41, 5.74) is 0. The predicted molar refractivity (Wildman–Crippen MR) is 60.9 cm³/mol. The number of unbranched alkanes of at least 4 members (excludes halogenated alkanes) is 7. The number of hydrogen-bond donors (Lipinski definition) is 1. The lowest BCUT2D eigenvalue weighted by Crippen LogP contribution is -2.04. The smallest absolute Gasteiger partial charge is 0.448 e. The first-order valence-electron chi connectivity index (χ1n) is 6.29. The highest BCUT2D eigenvalue weighted by molar-refractivity contribution is 5.55. The van der Waals surface area contributed by atoms with Crippen LogP contribution in [0.2, 0.25) is 0 Å². The van der Waals surface area contributed by atoms with Gasteiger partial charge in [-0.05, 0) is 11.5 Å². The summed E-state index contributed by atoms with van der Waals surface area (Å²) in [6, 6.07) is 0. The molecule has 0 rings (SSSR count). The lowest BCUT2D eigenvalue weighted by molar-refractivity contribution is -0.698. The van der Waals surface area contributed by atoms with Crippen LogP contribution in [-0.2, 0) is 24.9 Å². The molecular formula is C11H22O7. The highest BCUT2D eigenvalue weighted by Gasteiger charge is 1.99. The van der Waals surface area contributed by atoms with Crippen molar-refractivity contribution in [1.29, 1.82) is 0 Å². The molecule has 0 aromatic carbocycles. The first kappa shape index (κ1) is 17.1. The van der Waals surface area contributed by atoms with Gasteiger partial charge in [-0.2, -0.15) is 0 Å². The minimum Gasteiger partial charge on any atom is -0.448 e. The van der Waals surface area contributed by atoms with E-state index in [2.05, 4.69) is 31.8 Å². The van der Waals surface area contributed by atoms with E-state index < -0.39 is 6.16 Å². The van der Waals surface area contributed by atoms with E-state index in [1.807, 2.05) is 0 Å². The summed E-state index contributed by atoms with van der Waals surface area (Å²) in [6.45, 7) is 2.55. The van der Waals surface area contributed by atoms with Gasteiger partial charge in [0.15, 0.2) is 0 Å². The zero-order valence-electron chi connectivity index (χ0n) is 10.8. The molecule has 1 N–H and O–H groups in total. The normalized spacial score (nSPS) is 10.5. The molecule has 0 bridgehead atoms. The summed E-state index contributed by atoms with van der Waals surface area (Å²) >= 11 is 0. The van der Waals surface area contributed by atoms with Crippen molar-refractivity contribution in [1.82, 2.24) is 0 Å². The third-order valence-corrected chi connectivity index (χ3v) is 2.29. The van der Waals surface area contributed by atoms with E-state index in [0.29, 0.717) is 6.61 Å². The second-order valence-electron chi connectivity index (χ2n) is 3.85. The standard InChI is InChI=1S/C11H22O7/c1-2-3-4-5-6-7-8-9-10-14-16-18-17-15-11(12)13/h2-10H2,1H3,(H,12,13). The number of carbonyl (C=O) groups is 1. The predicted octanol–water partition coefficient (Wildman–Crippen LogP) is 3.55. The van der Waals surface area contributed by atoms with Crippen molar-refractivity contribution in [2.24, 2.45) is 0 Å². The topological polar surface area (TPSA) is 83.5 Å². The van der Waals surface area contributed by atoms with Crippen LogP contribution in [0.3, 0.4) is 0 Å². The molecule has 0 atom stereocenters. The van der Waals surface area contributed by atoms with Gasteiger partial charge in [-0.25, -0.2) is 14.6 Å². The Hall–Kier alpha value is -0.890. The minimum atomic E-state index is -1.64. The summed E-state index contributed by atoms with van der Waals surface area (Å²) in [5, 5.41) is 19.4. The number of carboxylic acid groups (broad SMARTS) is 1. The van der Waals surface area contributed by atoms with Crippen LogP contribution in [0.4, 0.5) is 4.79 Å². The number of hydrogen-bond acceptors (Lipinski definition) is 6. The summed E-state index contributed by atoms with van der Waals surface area (Å²) in [4.78, 5) is 17.8. The van der Waals surface area contributed by atoms with Crippen LogP contribution in [0.5, 0.6) is 0 Å². The lowest BCUT2D eigenvalue weighted by Gasteiger charge is -2.01. The van der Waals surface area contributed by atoms with E-state index in [0.717, 1.165) is 12.8 Å². The second kappa shape index (κ2) is 14.2. The maximum Gasteiger partial charge on any atom is 0.540 e. The molecule has 7 nitrogen and oxygen atoms in total. The molecule has 0 aromatic heterocycles. The fourth-order valence-electron chi connectivity index (χ4n) is 1.40. The zero-order valence-corrected chi connectivity index (χ0v) is 10.8. The number of rotatable bonds is 13. The first-order valence-corrected chi connectivity index (χ1v) is 6.29. The molecule has 0 aromatic rings. The maximum absolute atomic E-state index is 9.78. The van der Waals surface area contributed by atoms with Crippen molar-refractivity contribution in [3.05, 3.63) is 0 Å². The van der Waals surface area contributed by atoms with Crippen LogP contribution in [-0.4, -0.2) is 17.9 Å². The minimum absolute atomic E-state index is 0.353. The van der Waals surface area contributed by atoms with Gasteiger partial charge < -0.3 is 5.11 Å². The van der Waals surface area contributed by atoms with Crippen molar-refractivity contribution in [3.8, 4) is 0 Å². The van der Waals surface area contributed by atoms with Gasteiger partial charge in [-0.1, -0.05) is 51.9 Å². The molecule has 0 aliphatic heterocycles. The fraction of sp³-hybridized carbons (Fsp3) is 0.909. The highest BCUT2D eigenvalue weighted by Crippen LogP contribution is 2.08. The highest BCUT2D eigenvalue weighted by atomic mass is 17.8. The SMILES string of the molecule is CCCCCCCCCCOOOOOC(=O)O. The van der Waals surface area contributed by atoms with Crippen molar-refractivity contribution < 1.29 is 34.8 Å². The van der Waals surface area contributed by atoms with Crippen molar-refractivity contribution in [2.75, 3.05) is 6.61 Å². The van der Waals surface area contributed by atoms with Gasteiger partial charge in [0.25, 0.3) is 0 Å². The third-order valence-electron chi connectivity index (χ3n) is 2.29. The van der Waals surface area contributed by atoms with Crippen LogP contribution in [0.15, 0.2) is 0 Å². The molecule has 0 saturated heterocycles. The van der Waals surface area contributed by atoms with Crippen LogP contribution < -0.4 is 0 Å².